The van der Waals surface area contributed by atoms with Crippen molar-refractivity contribution in [1.82, 2.24) is 5.32 Å². The summed E-state index contributed by atoms with van der Waals surface area (Å²) < 4.78 is 5.19. The highest BCUT2D eigenvalue weighted by molar-refractivity contribution is 5.83. The van der Waals surface area contributed by atoms with Crippen LogP contribution in [0.25, 0.3) is 0 Å². The first-order valence-electron chi connectivity index (χ1n) is 7.21. The molecule has 0 radical (unpaired) electrons. The number of ether oxygens (including phenoxy) is 1. The van der Waals surface area contributed by atoms with Crippen molar-refractivity contribution in [1.29, 1.82) is 0 Å². The number of carbonyl (C=O) groups excluding carboxylic acids is 1. The highest BCUT2D eigenvalue weighted by Gasteiger charge is 2.46. The Hall–Kier alpha value is -1.55. The highest BCUT2D eigenvalue weighted by Crippen LogP contribution is 2.44. The molecule has 0 spiro atoms. The Balaban J connectivity index is 1.82. The van der Waals surface area contributed by atoms with E-state index in [1.54, 1.807) is 7.11 Å². The zero-order chi connectivity index (χ0) is 14.6. The van der Waals surface area contributed by atoms with Gasteiger partial charge in [-0.05, 0) is 42.9 Å². The Morgan fingerprint density at radius 3 is 2.85 bits per heavy atom. The SMILES string of the molecule is COc1cccc(CCNC(=O)C2(CN)CC(C)C2)c1. The third-order valence-corrected chi connectivity index (χ3v) is 4.18. The number of amides is 1. The molecule has 1 fully saturated rings. The number of methoxy groups -OCH3 is 1. The molecule has 1 aliphatic carbocycles. The summed E-state index contributed by atoms with van der Waals surface area (Å²) in [4.78, 5) is 12.2. The van der Waals surface area contributed by atoms with E-state index >= 15 is 0 Å². The average Bonchev–Trinajstić information content (AvgIpc) is 2.43. The quantitative estimate of drug-likeness (QED) is 0.831. The minimum Gasteiger partial charge on any atom is -0.497 e. The lowest BCUT2D eigenvalue weighted by Gasteiger charge is -2.44. The molecule has 0 bridgehead atoms. The van der Waals surface area contributed by atoms with Crippen molar-refractivity contribution in [3.05, 3.63) is 29.8 Å². The highest BCUT2D eigenvalue weighted by atomic mass is 16.5. The number of benzene rings is 1. The van der Waals surface area contributed by atoms with Gasteiger partial charge in [0.15, 0.2) is 0 Å². The number of hydrogen-bond donors (Lipinski definition) is 2. The van der Waals surface area contributed by atoms with Gasteiger partial charge in [-0.3, -0.25) is 4.79 Å². The van der Waals surface area contributed by atoms with Crippen molar-refractivity contribution in [2.24, 2.45) is 17.1 Å². The first kappa shape index (κ1) is 14.9. The predicted octanol–water partition coefficient (Wildman–Crippen LogP) is 1.73. The molecule has 1 aromatic carbocycles. The average molecular weight is 276 g/mol. The van der Waals surface area contributed by atoms with Crippen LogP contribution in [-0.4, -0.2) is 26.1 Å². The first-order chi connectivity index (χ1) is 9.59. The van der Waals surface area contributed by atoms with E-state index in [2.05, 4.69) is 12.2 Å². The second kappa shape index (κ2) is 6.27. The molecule has 0 saturated heterocycles. The Kier molecular flexibility index (Phi) is 4.65. The maximum atomic E-state index is 12.2. The second-order valence-electron chi connectivity index (χ2n) is 5.86. The fourth-order valence-corrected chi connectivity index (χ4v) is 3.05. The standard InChI is InChI=1S/C16H24N2O2/c1-12-9-16(10-12,11-17)15(19)18-7-6-13-4-3-5-14(8-13)20-2/h3-5,8,12H,6-7,9-11,17H2,1-2H3,(H,18,19). The maximum Gasteiger partial charge on any atom is 0.227 e. The van der Waals surface area contributed by atoms with E-state index in [1.807, 2.05) is 24.3 Å². The third kappa shape index (κ3) is 3.12. The van der Waals surface area contributed by atoms with Crippen LogP contribution >= 0.6 is 0 Å². The van der Waals surface area contributed by atoms with Crippen LogP contribution in [0.15, 0.2) is 24.3 Å². The molecule has 4 nitrogen and oxygen atoms in total. The van der Waals surface area contributed by atoms with Crippen molar-refractivity contribution in [2.45, 2.75) is 26.2 Å². The number of rotatable bonds is 6. The summed E-state index contributed by atoms with van der Waals surface area (Å²) in [6.07, 6.45) is 2.63. The van der Waals surface area contributed by atoms with Gasteiger partial charge in [-0.2, -0.15) is 0 Å². The Bertz CT molecular complexity index is 467. The van der Waals surface area contributed by atoms with Gasteiger partial charge >= 0.3 is 0 Å². The summed E-state index contributed by atoms with van der Waals surface area (Å²) in [6, 6.07) is 7.92. The van der Waals surface area contributed by atoms with E-state index in [4.69, 9.17) is 10.5 Å². The molecule has 2 rings (SSSR count). The van der Waals surface area contributed by atoms with E-state index in [9.17, 15) is 4.79 Å². The van der Waals surface area contributed by atoms with Gasteiger partial charge in [0.1, 0.15) is 5.75 Å². The summed E-state index contributed by atoms with van der Waals surface area (Å²) in [5, 5.41) is 3.02. The maximum absolute atomic E-state index is 12.2. The summed E-state index contributed by atoms with van der Waals surface area (Å²) >= 11 is 0. The Morgan fingerprint density at radius 2 is 2.25 bits per heavy atom. The van der Waals surface area contributed by atoms with Crippen LogP contribution in [0.4, 0.5) is 0 Å². The Morgan fingerprint density at radius 1 is 1.50 bits per heavy atom. The van der Waals surface area contributed by atoms with Crippen LogP contribution in [0.1, 0.15) is 25.3 Å². The Labute approximate surface area is 120 Å². The van der Waals surface area contributed by atoms with Gasteiger partial charge in [-0.1, -0.05) is 19.1 Å². The van der Waals surface area contributed by atoms with Gasteiger partial charge in [0.25, 0.3) is 0 Å². The topological polar surface area (TPSA) is 64.3 Å². The molecule has 0 atom stereocenters. The van der Waals surface area contributed by atoms with Crippen molar-refractivity contribution < 1.29 is 9.53 Å². The summed E-state index contributed by atoms with van der Waals surface area (Å²) in [6.45, 7) is 3.25. The van der Waals surface area contributed by atoms with Crippen molar-refractivity contribution >= 4 is 5.91 Å². The zero-order valence-corrected chi connectivity index (χ0v) is 12.3. The van der Waals surface area contributed by atoms with Crippen LogP contribution in [0, 0.1) is 11.3 Å². The largest absolute Gasteiger partial charge is 0.497 e. The zero-order valence-electron chi connectivity index (χ0n) is 12.3. The molecular formula is C16H24N2O2. The fraction of sp³-hybridized carbons (Fsp3) is 0.562. The first-order valence-corrected chi connectivity index (χ1v) is 7.21. The van der Waals surface area contributed by atoms with Crippen molar-refractivity contribution in [3.8, 4) is 5.75 Å². The molecule has 1 saturated carbocycles. The molecule has 0 heterocycles. The van der Waals surface area contributed by atoms with Crippen LogP contribution in [0.5, 0.6) is 5.75 Å². The van der Waals surface area contributed by atoms with E-state index < -0.39 is 0 Å². The molecule has 110 valence electrons. The molecule has 0 aliphatic heterocycles. The smallest absolute Gasteiger partial charge is 0.227 e. The monoisotopic (exact) mass is 276 g/mol. The van der Waals surface area contributed by atoms with Gasteiger partial charge in [0.2, 0.25) is 5.91 Å². The van der Waals surface area contributed by atoms with Crippen LogP contribution < -0.4 is 15.8 Å². The van der Waals surface area contributed by atoms with Crippen LogP contribution in [-0.2, 0) is 11.2 Å². The molecule has 4 heteroatoms. The number of carbonyl (C=O) groups is 1. The molecule has 1 aliphatic rings. The van der Waals surface area contributed by atoms with Crippen molar-refractivity contribution in [3.63, 3.8) is 0 Å². The summed E-state index contributed by atoms with van der Waals surface area (Å²) in [5.41, 5.74) is 6.62. The van der Waals surface area contributed by atoms with E-state index in [0.29, 0.717) is 19.0 Å². The van der Waals surface area contributed by atoms with E-state index in [-0.39, 0.29) is 11.3 Å². The molecular weight excluding hydrogens is 252 g/mol. The predicted molar refractivity (Wildman–Crippen MR) is 79.6 cm³/mol. The van der Waals surface area contributed by atoms with Crippen LogP contribution in [0.2, 0.25) is 0 Å². The summed E-state index contributed by atoms with van der Waals surface area (Å²) in [7, 11) is 1.66. The molecule has 1 amide bonds. The van der Waals surface area contributed by atoms with E-state index in [0.717, 1.165) is 30.6 Å². The number of nitrogens with one attached hydrogen (secondary N) is 1. The lowest BCUT2D eigenvalue weighted by molar-refractivity contribution is -0.138. The summed E-state index contributed by atoms with van der Waals surface area (Å²) in [5.74, 6) is 1.57. The van der Waals surface area contributed by atoms with E-state index in [1.165, 1.54) is 0 Å². The molecule has 1 aromatic rings. The van der Waals surface area contributed by atoms with Gasteiger partial charge in [-0.15, -0.1) is 0 Å². The lowest BCUT2D eigenvalue weighted by Crippen LogP contribution is -2.53. The molecule has 0 unspecified atom stereocenters. The minimum absolute atomic E-state index is 0.112. The normalized spacial score (nSPS) is 24.9. The number of nitrogens with two attached hydrogens (primary N) is 1. The van der Waals surface area contributed by atoms with Gasteiger partial charge in [-0.25, -0.2) is 0 Å². The third-order valence-electron chi connectivity index (χ3n) is 4.18. The van der Waals surface area contributed by atoms with Gasteiger partial charge in [0.05, 0.1) is 12.5 Å². The number of hydrogen-bond acceptors (Lipinski definition) is 3. The molecule has 0 aromatic heterocycles. The van der Waals surface area contributed by atoms with Crippen LogP contribution in [0.3, 0.4) is 0 Å². The van der Waals surface area contributed by atoms with Gasteiger partial charge < -0.3 is 15.8 Å². The molecule has 20 heavy (non-hydrogen) atoms. The minimum atomic E-state index is -0.312. The van der Waals surface area contributed by atoms with Gasteiger partial charge in [0, 0.05) is 13.1 Å². The fourth-order valence-electron chi connectivity index (χ4n) is 3.05. The second-order valence-corrected chi connectivity index (χ2v) is 5.86. The lowest BCUT2D eigenvalue weighted by atomic mass is 9.62. The van der Waals surface area contributed by atoms with Crippen molar-refractivity contribution in [2.75, 3.05) is 20.2 Å². The molecule has 3 N–H and O–H groups in total.